The lowest BCUT2D eigenvalue weighted by molar-refractivity contribution is 0.150. The number of rotatable bonds is 5. The summed E-state index contributed by atoms with van der Waals surface area (Å²) in [6.45, 7) is 3.61. The molecule has 2 N–H and O–H groups in total. The number of nitrogens with zero attached hydrogens (tertiary/aromatic N) is 1. The molecule has 1 aliphatic heterocycles. The van der Waals surface area contributed by atoms with Crippen LogP contribution in [0, 0.1) is 0 Å². The first-order chi connectivity index (χ1) is 8.40. The van der Waals surface area contributed by atoms with Crippen LogP contribution in [0.2, 0.25) is 0 Å². The van der Waals surface area contributed by atoms with Crippen LogP contribution in [0.15, 0.2) is 30.3 Å². The van der Waals surface area contributed by atoms with E-state index in [0.717, 1.165) is 18.8 Å². The minimum atomic E-state index is 0.344. The van der Waals surface area contributed by atoms with E-state index in [-0.39, 0.29) is 0 Å². The lowest BCUT2D eigenvalue weighted by Crippen LogP contribution is -2.48. The zero-order valence-corrected chi connectivity index (χ0v) is 10.9. The molecule has 1 unspecified atom stereocenters. The molecule has 1 aromatic carbocycles. The van der Waals surface area contributed by atoms with Crippen LogP contribution in [0.3, 0.4) is 0 Å². The van der Waals surface area contributed by atoms with Crippen molar-refractivity contribution in [1.82, 2.24) is 4.90 Å². The molecular weight excluding hydrogens is 232 g/mol. The van der Waals surface area contributed by atoms with Crippen LogP contribution < -0.4 is 10.5 Å². The van der Waals surface area contributed by atoms with Crippen LogP contribution in [0.25, 0.3) is 0 Å². The Bertz CT molecular complexity index is 314. The van der Waals surface area contributed by atoms with E-state index < -0.39 is 0 Å². The summed E-state index contributed by atoms with van der Waals surface area (Å²) in [5.41, 5.74) is 5.84. The van der Waals surface area contributed by atoms with E-state index in [1.807, 2.05) is 42.1 Å². The third kappa shape index (κ3) is 3.91. The van der Waals surface area contributed by atoms with Crippen molar-refractivity contribution >= 4 is 11.8 Å². The van der Waals surface area contributed by atoms with Crippen LogP contribution >= 0.6 is 11.8 Å². The Hall–Kier alpha value is -0.710. The molecule has 0 aliphatic carbocycles. The van der Waals surface area contributed by atoms with Gasteiger partial charge in [-0.3, -0.25) is 4.90 Å². The maximum Gasteiger partial charge on any atom is 0.119 e. The molecule has 4 heteroatoms. The zero-order chi connectivity index (χ0) is 11.9. The molecule has 1 heterocycles. The first-order valence-electron chi connectivity index (χ1n) is 6.10. The van der Waals surface area contributed by atoms with Crippen molar-refractivity contribution in [3.63, 3.8) is 0 Å². The van der Waals surface area contributed by atoms with Crippen molar-refractivity contribution in [2.45, 2.75) is 6.04 Å². The molecule has 0 radical (unpaired) electrons. The summed E-state index contributed by atoms with van der Waals surface area (Å²) in [6.07, 6.45) is 0. The predicted molar refractivity (Wildman–Crippen MR) is 73.7 cm³/mol. The standard InChI is InChI=1S/C13H20N2OS/c14-10-12(15-6-8-17-9-7-15)11-16-13-4-2-1-3-5-13/h1-5,12H,6-11,14H2. The maximum atomic E-state index is 5.84. The van der Waals surface area contributed by atoms with E-state index in [1.165, 1.54) is 11.5 Å². The van der Waals surface area contributed by atoms with Gasteiger partial charge in [-0.05, 0) is 12.1 Å². The summed E-state index contributed by atoms with van der Waals surface area (Å²) in [5, 5.41) is 0. The largest absolute Gasteiger partial charge is 0.492 e. The Morgan fingerprint density at radius 2 is 1.94 bits per heavy atom. The molecule has 0 aromatic heterocycles. The fraction of sp³-hybridized carbons (Fsp3) is 0.538. The van der Waals surface area contributed by atoms with Crippen molar-refractivity contribution in [3.8, 4) is 5.75 Å². The second-order valence-corrected chi connectivity index (χ2v) is 5.39. The van der Waals surface area contributed by atoms with Gasteiger partial charge in [0.05, 0.1) is 6.04 Å². The number of hydrogen-bond acceptors (Lipinski definition) is 4. The molecule has 2 rings (SSSR count). The fourth-order valence-electron chi connectivity index (χ4n) is 1.97. The minimum Gasteiger partial charge on any atom is -0.492 e. The molecule has 17 heavy (non-hydrogen) atoms. The van der Waals surface area contributed by atoms with Gasteiger partial charge in [0.1, 0.15) is 12.4 Å². The van der Waals surface area contributed by atoms with Gasteiger partial charge in [0, 0.05) is 31.1 Å². The Morgan fingerprint density at radius 1 is 1.24 bits per heavy atom. The summed E-state index contributed by atoms with van der Waals surface area (Å²) in [6, 6.07) is 10.3. The third-order valence-corrected chi connectivity index (χ3v) is 3.96. The number of benzene rings is 1. The Kier molecular flexibility index (Phi) is 5.16. The predicted octanol–water partition coefficient (Wildman–Crippen LogP) is 1.44. The van der Waals surface area contributed by atoms with Gasteiger partial charge in [-0.2, -0.15) is 11.8 Å². The van der Waals surface area contributed by atoms with Gasteiger partial charge in [-0.15, -0.1) is 0 Å². The highest BCUT2D eigenvalue weighted by Crippen LogP contribution is 2.14. The molecule has 0 bridgehead atoms. The molecule has 0 amide bonds. The molecule has 1 atom stereocenters. The molecule has 3 nitrogen and oxygen atoms in total. The number of para-hydroxylation sites is 1. The number of hydrogen-bond donors (Lipinski definition) is 1. The summed E-state index contributed by atoms with van der Waals surface area (Å²) >= 11 is 2.02. The molecular formula is C13H20N2OS. The summed E-state index contributed by atoms with van der Waals surface area (Å²) in [7, 11) is 0. The first-order valence-corrected chi connectivity index (χ1v) is 7.25. The summed E-state index contributed by atoms with van der Waals surface area (Å²) < 4.78 is 5.78. The lowest BCUT2D eigenvalue weighted by atomic mass is 10.2. The van der Waals surface area contributed by atoms with E-state index >= 15 is 0 Å². The summed E-state index contributed by atoms with van der Waals surface area (Å²) in [4.78, 5) is 2.44. The SMILES string of the molecule is NCC(COc1ccccc1)N1CCSCC1. The quantitative estimate of drug-likeness (QED) is 0.860. The average Bonchev–Trinajstić information content (AvgIpc) is 2.42. The maximum absolute atomic E-state index is 5.84. The van der Waals surface area contributed by atoms with Gasteiger partial charge < -0.3 is 10.5 Å². The second kappa shape index (κ2) is 6.89. The van der Waals surface area contributed by atoms with Crippen molar-refractivity contribution in [1.29, 1.82) is 0 Å². The molecule has 1 saturated heterocycles. The van der Waals surface area contributed by atoms with Crippen molar-refractivity contribution < 1.29 is 4.74 Å². The Balaban J connectivity index is 1.82. The van der Waals surface area contributed by atoms with E-state index in [1.54, 1.807) is 0 Å². The molecule has 1 aliphatic rings. The van der Waals surface area contributed by atoms with Crippen LogP contribution in [0.1, 0.15) is 0 Å². The van der Waals surface area contributed by atoms with Crippen LogP contribution in [0.4, 0.5) is 0 Å². The van der Waals surface area contributed by atoms with Gasteiger partial charge in [-0.1, -0.05) is 18.2 Å². The smallest absolute Gasteiger partial charge is 0.119 e. The third-order valence-electron chi connectivity index (χ3n) is 3.02. The zero-order valence-electron chi connectivity index (χ0n) is 10.0. The van der Waals surface area contributed by atoms with Gasteiger partial charge in [-0.25, -0.2) is 0 Å². The molecule has 0 spiro atoms. The Morgan fingerprint density at radius 3 is 2.59 bits per heavy atom. The van der Waals surface area contributed by atoms with Crippen molar-refractivity contribution in [2.24, 2.45) is 5.73 Å². The topological polar surface area (TPSA) is 38.5 Å². The summed E-state index contributed by atoms with van der Waals surface area (Å²) in [5.74, 6) is 3.35. The molecule has 1 aromatic rings. The fourth-order valence-corrected chi connectivity index (χ4v) is 2.91. The van der Waals surface area contributed by atoms with Gasteiger partial charge in [0.15, 0.2) is 0 Å². The normalized spacial score (nSPS) is 18.9. The van der Waals surface area contributed by atoms with Crippen LogP contribution in [-0.4, -0.2) is 48.7 Å². The second-order valence-electron chi connectivity index (χ2n) is 4.16. The van der Waals surface area contributed by atoms with Gasteiger partial charge in [0.2, 0.25) is 0 Å². The van der Waals surface area contributed by atoms with E-state index in [2.05, 4.69) is 4.90 Å². The van der Waals surface area contributed by atoms with E-state index in [0.29, 0.717) is 19.2 Å². The molecule has 0 saturated carbocycles. The van der Waals surface area contributed by atoms with Crippen LogP contribution in [-0.2, 0) is 0 Å². The van der Waals surface area contributed by atoms with Crippen molar-refractivity contribution in [3.05, 3.63) is 30.3 Å². The number of ether oxygens (including phenoxy) is 1. The Labute approximate surface area is 107 Å². The highest BCUT2D eigenvalue weighted by atomic mass is 32.2. The number of thioether (sulfide) groups is 1. The molecule has 94 valence electrons. The van der Waals surface area contributed by atoms with E-state index in [4.69, 9.17) is 10.5 Å². The average molecular weight is 252 g/mol. The highest BCUT2D eigenvalue weighted by Gasteiger charge is 2.19. The van der Waals surface area contributed by atoms with E-state index in [9.17, 15) is 0 Å². The highest BCUT2D eigenvalue weighted by molar-refractivity contribution is 7.99. The van der Waals surface area contributed by atoms with Gasteiger partial charge in [0.25, 0.3) is 0 Å². The monoisotopic (exact) mass is 252 g/mol. The van der Waals surface area contributed by atoms with Crippen molar-refractivity contribution in [2.75, 3.05) is 37.7 Å². The van der Waals surface area contributed by atoms with Crippen LogP contribution in [0.5, 0.6) is 5.75 Å². The molecule has 1 fully saturated rings. The minimum absolute atomic E-state index is 0.344. The number of nitrogens with two attached hydrogens (primary N) is 1. The van der Waals surface area contributed by atoms with Gasteiger partial charge >= 0.3 is 0 Å². The first kappa shape index (κ1) is 12.7. The lowest BCUT2D eigenvalue weighted by Gasteiger charge is -2.33.